The number of carbonyl (C=O) groups excluding carboxylic acids is 3. The summed E-state index contributed by atoms with van der Waals surface area (Å²) in [7, 11) is 0. The molecule has 5 aromatic carbocycles. The number of nitrogens with one attached hydrogen (secondary N) is 2. The van der Waals surface area contributed by atoms with Crippen LogP contribution in [0.5, 0.6) is 0 Å². The average molecular weight is 859 g/mol. The zero-order valence-electron chi connectivity index (χ0n) is 36.0. The van der Waals surface area contributed by atoms with Gasteiger partial charge in [-0.05, 0) is 48.6 Å². The number of hydrogen-bond acceptors (Lipinski definition) is 10. The second-order valence-corrected chi connectivity index (χ2v) is 16.5. The summed E-state index contributed by atoms with van der Waals surface area (Å²) in [6, 6.07) is 46.8. The minimum atomic E-state index is -1.82. The summed E-state index contributed by atoms with van der Waals surface area (Å²) in [6.45, 7) is 6.11. The van der Waals surface area contributed by atoms with Gasteiger partial charge in [0.05, 0.1) is 39.5 Å². The van der Waals surface area contributed by atoms with E-state index in [1.807, 2.05) is 152 Å². The van der Waals surface area contributed by atoms with Crippen molar-refractivity contribution in [3.63, 3.8) is 0 Å². The van der Waals surface area contributed by atoms with Crippen molar-refractivity contribution >= 4 is 17.8 Å². The molecule has 0 unspecified atom stereocenters. The summed E-state index contributed by atoms with van der Waals surface area (Å²) >= 11 is 0. The molecular weight excluding hydrogens is 801 g/mol. The lowest BCUT2D eigenvalue weighted by Crippen LogP contribution is -2.65. The van der Waals surface area contributed by atoms with E-state index in [0.29, 0.717) is 6.61 Å². The van der Waals surface area contributed by atoms with E-state index in [4.69, 9.17) is 28.4 Å². The van der Waals surface area contributed by atoms with Gasteiger partial charge in [0, 0.05) is 6.42 Å². The van der Waals surface area contributed by atoms with Gasteiger partial charge in [-0.1, -0.05) is 152 Å². The van der Waals surface area contributed by atoms with Gasteiger partial charge in [-0.3, -0.25) is 9.59 Å². The minimum Gasteiger partial charge on any atom is -0.458 e. The van der Waals surface area contributed by atoms with Crippen LogP contribution in [-0.2, 0) is 75.7 Å². The Kier molecular flexibility index (Phi) is 17.5. The quantitative estimate of drug-likeness (QED) is 0.0688. The third-order valence-corrected chi connectivity index (χ3v) is 10.2. The van der Waals surface area contributed by atoms with Crippen molar-refractivity contribution in [2.75, 3.05) is 6.61 Å². The molecule has 2 amide bonds. The van der Waals surface area contributed by atoms with Gasteiger partial charge in [0.15, 0.2) is 6.23 Å². The van der Waals surface area contributed by atoms with Crippen molar-refractivity contribution in [2.45, 2.75) is 108 Å². The van der Waals surface area contributed by atoms with Crippen LogP contribution < -0.4 is 10.6 Å². The van der Waals surface area contributed by atoms with E-state index in [0.717, 1.165) is 27.8 Å². The van der Waals surface area contributed by atoms with Crippen LogP contribution in [0, 0.1) is 0 Å². The second-order valence-electron chi connectivity index (χ2n) is 16.5. The maximum absolute atomic E-state index is 13.9. The highest BCUT2D eigenvalue weighted by Gasteiger charge is 2.49. The Morgan fingerprint density at radius 3 is 1.51 bits per heavy atom. The third kappa shape index (κ3) is 15.2. The summed E-state index contributed by atoms with van der Waals surface area (Å²) in [6.07, 6.45) is -6.79. The summed E-state index contributed by atoms with van der Waals surface area (Å²) in [5.74, 6) is -2.29. The van der Waals surface area contributed by atoms with Crippen LogP contribution in [0.1, 0.15) is 55.0 Å². The number of ether oxygens (including phenoxy) is 6. The number of carbonyl (C=O) groups is 3. The van der Waals surface area contributed by atoms with E-state index in [1.165, 1.54) is 0 Å². The predicted molar refractivity (Wildman–Crippen MR) is 237 cm³/mol. The largest absolute Gasteiger partial charge is 0.458 e. The maximum Gasteiger partial charge on any atom is 0.329 e. The summed E-state index contributed by atoms with van der Waals surface area (Å²) in [4.78, 5) is 40.7. The van der Waals surface area contributed by atoms with Gasteiger partial charge in [-0.15, -0.1) is 0 Å². The highest BCUT2D eigenvalue weighted by molar-refractivity contribution is 5.90. The molecule has 5 aromatic rings. The number of amides is 2. The SMILES string of the molecule is CC(C)(C)OC(=O)[C@H](Cc1ccccc1)NC(=O)[C@@H](O)CC(=O)N[C@@H]1O[C@H](COCc2ccccc2)[C@@H](OCc2ccccc2)[C@H](OCc2ccccc2)[C@H]1OCc1ccccc1. The van der Waals surface area contributed by atoms with Crippen LogP contribution in [-0.4, -0.2) is 77.9 Å². The second kappa shape index (κ2) is 23.6. The van der Waals surface area contributed by atoms with Gasteiger partial charge in [0.25, 0.3) is 0 Å². The van der Waals surface area contributed by atoms with Crippen LogP contribution in [0.15, 0.2) is 152 Å². The van der Waals surface area contributed by atoms with E-state index < -0.39 is 72.6 Å². The molecule has 332 valence electrons. The first-order valence-electron chi connectivity index (χ1n) is 21.3. The Balaban J connectivity index is 1.25. The molecular formula is C51H58N2O10. The zero-order chi connectivity index (χ0) is 44.4. The molecule has 0 spiro atoms. The molecule has 0 saturated carbocycles. The first kappa shape index (κ1) is 46.8. The van der Waals surface area contributed by atoms with Crippen LogP contribution in [0.2, 0.25) is 0 Å². The standard InChI is InChI=1S/C51H58N2O10/c1-51(2,3)63-50(57)41(29-36-19-9-4-10-20-36)52-48(56)42(54)30-44(55)53-49-47(61-34-40-27-17-8-18-28-40)46(60-33-39-25-15-7-16-26-39)45(59-32-38-23-13-6-14-24-38)43(62-49)35-58-31-37-21-11-5-12-22-37/h4-28,41-43,45-47,49,54H,29-35H2,1-3H3,(H,52,56)(H,53,55)/t41-,42-,43+,45+,46-,47+,49+/m0/s1. The lowest BCUT2D eigenvalue weighted by Gasteiger charge is -2.46. The van der Waals surface area contributed by atoms with Crippen LogP contribution >= 0.6 is 0 Å². The summed E-state index contributed by atoms with van der Waals surface area (Å²) in [5, 5.41) is 16.7. The Labute approximate surface area is 369 Å². The molecule has 12 nitrogen and oxygen atoms in total. The molecule has 7 atom stereocenters. The Hall–Kier alpha value is -5.73. The van der Waals surface area contributed by atoms with Gasteiger partial charge < -0.3 is 44.2 Å². The summed E-state index contributed by atoms with van der Waals surface area (Å²) in [5.41, 5.74) is 3.64. The van der Waals surface area contributed by atoms with Gasteiger partial charge in [0.2, 0.25) is 11.8 Å². The number of aliphatic hydroxyl groups is 1. The lowest BCUT2D eigenvalue weighted by atomic mass is 9.96. The van der Waals surface area contributed by atoms with Gasteiger partial charge in [0.1, 0.15) is 42.2 Å². The highest BCUT2D eigenvalue weighted by Crippen LogP contribution is 2.30. The normalized spacial score (nSPS) is 19.7. The molecule has 1 aliphatic rings. The predicted octanol–water partition coefficient (Wildman–Crippen LogP) is 6.62. The van der Waals surface area contributed by atoms with Crippen molar-refractivity contribution < 1.29 is 47.9 Å². The fourth-order valence-corrected chi connectivity index (χ4v) is 7.08. The maximum atomic E-state index is 13.9. The number of aliphatic hydroxyl groups excluding tert-OH is 1. The molecule has 1 heterocycles. The molecule has 3 N–H and O–H groups in total. The summed E-state index contributed by atoms with van der Waals surface area (Å²) < 4.78 is 38.6. The van der Waals surface area contributed by atoms with Crippen molar-refractivity contribution in [1.82, 2.24) is 10.6 Å². The molecule has 1 fully saturated rings. The van der Waals surface area contributed by atoms with Crippen molar-refractivity contribution in [1.29, 1.82) is 0 Å². The van der Waals surface area contributed by atoms with E-state index >= 15 is 0 Å². The Morgan fingerprint density at radius 1 is 0.603 bits per heavy atom. The molecule has 0 aromatic heterocycles. The highest BCUT2D eigenvalue weighted by atomic mass is 16.6. The van der Waals surface area contributed by atoms with Crippen LogP contribution in [0.25, 0.3) is 0 Å². The Bertz CT molecular complexity index is 2120. The van der Waals surface area contributed by atoms with Crippen molar-refractivity contribution in [2.24, 2.45) is 0 Å². The molecule has 12 heteroatoms. The number of benzene rings is 5. The number of esters is 1. The third-order valence-electron chi connectivity index (χ3n) is 10.2. The average Bonchev–Trinajstić information content (AvgIpc) is 3.28. The molecule has 0 bridgehead atoms. The number of hydrogen-bond donors (Lipinski definition) is 3. The molecule has 63 heavy (non-hydrogen) atoms. The van der Waals surface area contributed by atoms with Gasteiger partial charge in [-0.25, -0.2) is 4.79 Å². The topological polar surface area (TPSA) is 151 Å². The van der Waals surface area contributed by atoms with E-state index in [9.17, 15) is 19.5 Å². The molecule has 1 aliphatic heterocycles. The molecule has 6 rings (SSSR count). The smallest absolute Gasteiger partial charge is 0.329 e. The van der Waals surface area contributed by atoms with E-state index in [1.54, 1.807) is 20.8 Å². The fraction of sp³-hybridized carbons (Fsp3) is 0.353. The first-order valence-corrected chi connectivity index (χ1v) is 21.3. The first-order chi connectivity index (χ1) is 30.5. The van der Waals surface area contributed by atoms with Gasteiger partial charge in [-0.2, -0.15) is 0 Å². The Morgan fingerprint density at radius 2 is 1.03 bits per heavy atom. The molecule has 0 radical (unpaired) electrons. The van der Waals surface area contributed by atoms with Crippen molar-refractivity contribution in [3.8, 4) is 0 Å². The lowest BCUT2D eigenvalue weighted by molar-refractivity contribution is -0.277. The van der Waals surface area contributed by atoms with E-state index in [2.05, 4.69) is 10.6 Å². The number of rotatable bonds is 21. The van der Waals surface area contributed by atoms with E-state index in [-0.39, 0.29) is 32.8 Å². The molecule has 0 aliphatic carbocycles. The molecule has 1 saturated heterocycles. The zero-order valence-corrected chi connectivity index (χ0v) is 36.0. The van der Waals surface area contributed by atoms with Gasteiger partial charge >= 0.3 is 5.97 Å². The fourth-order valence-electron chi connectivity index (χ4n) is 7.08. The van der Waals surface area contributed by atoms with Crippen LogP contribution in [0.3, 0.4) is 0 Å². The van der Waals surface area contributed by atoms with Crippen LogP contribution in [0.4, 0.5) is 0 Å². The monoisotopic (exact) mass is 858 g/mol. The minimum absolute atomic E-state index is 0.0653. The van der Waals surface area contributed by atoms with Crippen molar-refractivity contribution in [3.05, 3.63) is 179 Å².